The fraction of sp³-hybridized carbons (Fsp3) is 0.333. The van der Waals surface area contributed by atoms with Gasteiger partial charge in [-0.25, -0.2) is 14.4 Å². The summed E-state index contributed by atoms with van der Waals surface area (Å²) >= 11 is 5.87. The second kappa shape index (κ2) is 13.8. The number of aryl methyl sites for hydroxylation is 1. The number of aromatic nitrogens is 4. The van der Waals surface area contributed by atoms with Gasteiger partial charge >= 0.3 is 0 Å². The minimum atomic E-state index is -0.391. The molecule has 2 fully saturated rings. The van der Waals surface area contributed by atoms with Crippen LogP contribution >= 0.6 is 11.6 Å². The topological polar surface area (TPSA) is 94.4 Å². The predicted octanol–water partition coefficient (Wildman–Crippen LogP) is 6.93. The van der Waals surface area contributed by atoms with Gasteiger partial charge in [0.15, 0.2) is 0 Å². The number of ether oxygens (including phenoxy) is 2. The number of nitrogens with one attached hydrogen (secondary N) is 1. The summed E-state index contributed by atoms with van der Waals surface area (Å²) < 4.78 is 28.1. The maximum Gasteiger partial charge on any atom is 0.256 e. The molecule has 5 aromatic rings. The number of carbonyl (C=O) groups excluding carboxylic acids is 1. The second-order valence-electron chi connectivity index (χ2n) is 12.2. The standard InChI is InChI=1S/C36H36ClFN6O3/c1-23-19-39-13-9-29(23)36(45)40-27-7-8-33-32(18-27)41-34(44(33)20-28-12-16-46-28)21-43-14-10-24(11-15-43)31-3-2-4-35(42-31)47-22-25-5-6-26(37)17-30(25)38/h2-9,13,17-19,24,28H,10-12,14-16,20-22H2,1H3,(H,40,45). The minimum Gasteiger partial charge on any atom is -0.473 e. The van der Waals surface area contributed by atoms with Crippen LogP contribution in [0, 0.1) is 12.7 Å². The van der Waals surface area contributed by atoms with Gasteiger partial charge < -0.3 is 19.4 Å². The Morgan fingerprint density at radius 3 is 2.70 bits per heavy atom. The van der Waals surface area contributed by atoms with Crippen LogP contribution in [0.15, 0.2) is 73.1 Å². The van der Waals surface area contributed by atoms with E-state index in [1.165, 1.54) is 6.07 Å². The average molecular weight is 655 g/mol. The van der Waals surface area contributed by atoms with Crippen LogP contribution in [0.4, 0.5) is 10.1 Å². The lowest BCUT2D eigenvalue weighted by Gasteiger charge is -2.32. The Hall–Kier alpha value is -4.38. The molecule has 0 radical (unpaired) electrons. The lowest BCUT2D eigenvalue weighted by Crippen LogP contribution is -2.35. The first-order valence-corrected chi connectivity index (χ1v) is 16.4. The largest absolute Gasteiger partial charge is 0.473 e. The van der Waals surface area contributed by atoms with Crippen molar-refractivity contribution < 1.29 is 18.7 Å². The van der Waals surface area contributed by atoms with Crippen LogP contribution in [0.5, 0.6) is 5.88 Å². The Kier molecular flexibility index (Phi) is 9.15. The summed E-state index contributed by atoms with van der Waals surface area (Å²) in [6.45, 7) is 6.04. The SMILES string of the molecule is Cc1cnccc1C(=O)Nc1ccc2c(c1)nc(CN1CCC(c3cccc(OCc4ccc(Cl)cc4F)n3)CC1)n2CC1CCO1. The predicted molar refractivity (Wildman–Crippen MR) is 178 cm³/mol. The first kappa shape index (κ1) is 31.2. The van der Waals surface area contributed by atoms with Crippen molar-refractivity contribution in [1.82, 2.24) is 24.4 Å². The Balaban J connectivity index is 1.01. The molecule has 242 valence electrons. The number of piperidine rings is 1. The third-order valence-electron chi connectivity index (χ3n) is 9.04. The normalized spacial score (nSPS) is 17.0. The summed E-state index contributed by atoms with van der Waals surface area (Å²) in [5, 5.41) is 3.38. The van der Waals surface area contributed by atoms with Gasteiger partial charge in [-0.2, -0.15) is 0 Å². The summed E-state index contributed by atoms with van der Waals surface area (Å²) in [5.41, 5.74) is 5.42. The number of hydrogen-bond acceptors (Lipinski definition) is 7. The average Bonchev–Trinajstić information content (AvgIpc) is 3.38. The molecule has 47 heavy (non-hydrogen) atoms. The molecule has 5 heterocycles. The molecule has 1 unspecified atom stereocenters. The van der Waals surface area contributed by atoms with E-state index in [2.05, 4.69) is 19.8 Å². The summed E-state index contributed by atoms with van der Waals surface area (Å²) in [5.74, 6) is 1.22. The molecule has 2 aliphatic rings. The molecule has 7 rings (SSSR count). The maximum absolute atomic E-state index is 14.2. The fourth-order valence-electron chi connectivity index (χ4n) is 6.26. The molecular formula is C36H36ClFN6O3. The molecule has 0 aliphatic carbocycles. The molecule has 0 bridgehead atoms. The quantitative estimate of drug-likeness (QED) is 0.175. The number of nitrogens with zero attached hydrogens (tertiary/aromatic N) is 5. The number of imidazole rings is 1. The number of anilines is 1. The molecule has 2 saturated heterocycles. The van der Waals surface area contributed by atoms with Crippen molar-refractivity contribution in [3.05, 3.63) is 112 Å². The molecular weight excluding hydrogens is 619 g/mol. The number of rotatable bonds is 10. The lowest BCUT2D eigenvalue weighted by molar-refractivity contribution is -0.0592. The highest BCUT2D eigenvalue weighted by Gasteiger charge is 2.26. The zero-order valence-corrected chi connectivity index (χ0v) is 26.9. The molecule has 3 aromatic heterocycles. The molecule has 9 nitrogen and oxygen atoms in total. The van der Waals surface area contributed by atoms with Gasteiger partial charge in [0.2, 0.25) is 5.88 Å². The first-order chi connectivity index (χ1) is 22.9. The van der Waals surface area contributed by atoms with Gasteiger partial charge in [-0.15, -0.1) is 0 Å². The third kappa shape index (κ3) is 7.15. The van der Waals surface area contributed by atoms with E-state index in [0.29, 0.717) is 33.6 Å². The molecule has 2 aromatic carbocycles. The van der Waals surface area contributed by atoms with E-state index in [4.69, 9.17) is 31.0 Å². The van der Waals surface area contributed by atoms with Crippen molar-refractivity contribution >= 4 is 34.2 Å². The highest BCUT2D eigenvalue weighted by Crippen LogP contribution is 2.30. The number of halogens is 2. The second-order valence-corrected chi connectivity index (χ2v) is 12.7. The number of hydrogen-bond donors (Lipinski definition) is 1. The van der Waals surface area contributed by atoms with Crippen LogP contribution in [0.2, 0.25) is 5.02 Å². The van der Waals surface area contributed by atoms with Gasteiger partial charge in [0.1, 0.15) is 18.2 Å². The summed E-state index contributed by atoms with van der Waals surface area (Å²) in [6, 6.07) is 18.0. The summed E-state index contributed by atoms with van der Waals surface area (Å²) in [4.78, 5) is 29.3. The number of fused-ring (bicyclic) bond motifs is 1. The van der Waals surface area contributed by atoms with Crippen LogP contribution in [-0.2, 0) is 24.4 Å². The van der Waals surface area contributed by atoms with Gasteiger partial charge in [-0.1, -0.05) is 23.7 Å². The Bertz CT molecular complexity index is 1900. The van der Waals surface area contributed by atoms with Crippen molar-refractivity contribution in [3.8, 4) is 5.88 Å². The van der Waals surface area contributed by atoms with Gasteiger partial charge in [-0.05, 0) is 87.3 Å². The molecule has 0 spiro atoms. The first-order valence-electron chi connectivity index (χ1n) is 16.0. The van der Waals surface area contributed by atoms with Gasteiger partial charge in [0.05, 0.1) is 30.2 Å². The zero-order chi connectivity index (χ0) is 32.3. The fourth-order valence-corrected chi connectivity index (χ4v) is 6.42. The van der Waals surface area contributed by atoms with Crippen LogP contribution in [0.1, 0.15) is 58.2 Å². The van der Waals surface area contributed by atoms with E-state index in [1.54, 1.807) is 36.7 Å². The van der Waals surface area contributed by atoms with E-state index in [-0.39, 0.29) is 18.6 Å². The minimum absolute atomic E-state index is 0.0864. The third-order valence-corrected chi connectivity index (χ3v) is 9.27. The molecule has 0 saturated carbocycles. The van der Waals surface area contributed by atoms with E-state index < -0.39 is 5.82 Å². The van der Waals surface area contributed by atoms with Crippen LogP contribution < -0.4 is 10.1 Å². The van der Waals surface area contributed by atoms with Crippen molar-refractivity contribution in [1.29, 1.82) is 0 Å². The number of amides is 1. The number of pyridine rings is 2. The smallest absolute Gasteiger partial charge is 0.256 e. The maximum atomic E-state index is 14.2. The molecule has 1 N–H and O–H groups in total. The highest BCUT2D eigenvalue weighted by atomic mass is 35.5. The van der Waals surface area contributed by atoms with Crippen molar-refractivity contribution in [2.75, 3.05) is 25.0 Å². The Morgan fingerprint density at radius 1 is 1.09 bits per heavy atom. The van der Waals surface area contributed by atoms with Crippen molar-refractivity contribution in [3.63, 3.8) is 0 Å². The molecule has 2 aliphatic heterocycles. The van der Waals surface area contributed by atoms with Crippen molar-refractivity contribution in [2.45, 2.75) is 57.9 Å². The molecule has 1 atom stereocenters. The van der Waals surface area contributed by atoms with Crippen LogP contribution in [-0.4, -0.2) is 56.1 Å². The van der Waals surface area contributed by atoms with Crippen molar-refractivity contribution in [2.24, 2.45) is 0 Å². The Morgan fingerprint density at radius 2 is 1.94 bits per heavy atom. The number of likely N-dealkylation sites (tertiary alicyclic amines) is 1. The van der Waals surface area contributed by atoms with E-state index >= 15 is 0 Å². The molecule has 11 heteroatoms. The highest BCUT2D eigenvalue weighted by molar-refractivity contribution is 6.30. The van der Waals surface area contributed by atoms with Gasteiger partial charge in [0.25, 0.3) is 5.91 Å². The van der Waals surface area contributed by atoms with Gasteiger partial charge in [0, 0.05) is 58.5 Å². The van der Waals surface area contributed by atoms with E-state index in [9.17, 15) is 9.18 Å². The van der Waals surface area contributed by atoms with Gasteiger partial charge in [-0.3, -0.25) is 14.7 Å². The summed E-state index contributed by atoms with van der Waals surface area (Å²) in [7, 11) is 0. The van der Waals surface area contributed by atoms with E-state index in [0.717, 1.165) is 80.2 Å². The summed E-state index contributed by atoms with van der Waals surface area (Å²) in [6.07, 6.45) is 6.45. The molecule has 1 amide bonds. The number of benzene rings is 2. The lowest BCUT2D eigenvalue weighted by atomic mass is 9.93. The van der Waals surface area contributed by atoms with Crippen LogP contribution in [0.3, 0.4) is 0 Å². The Labute approximate surface area is 277 Å². The monoisotopic (exact) mass is 654 g/mol. The number of carbonyl (C=O) groups is 1. The zero-order valence-electron chi connectivity index (χ0n) is 26.2. The van der Waals surface area contributed by atoms with E-state index in [1.807, 2.05) is 37.3 Å². The van der Waals surface area contributed by atoms with Crippen LogP contribution in [0.25, 0.3) is 11.0 Å².